The lowest BCUT2D eigenvalue weighted by atomic mass is 10.1. The van der Waals surface area contributed by atoms with Crippen LogP contribution in [0.2, 0.25) is 5.02 Å². The molecule has 0 spiro atoms. The monoisotopic (exact) mass is 480 g/mol. The van der Waals surface area contributed by atoms with Crippen LogP contribution >= 0.6 is 27.5 Å². The van der Waals surface area contributed by atoms with Gasteiger partial charge in [0.05, 0.1) is 0 Å². The third kappa shape index (κ3) is 7.05. The summed E-state index contributed by atoms with van der Waals surface area (Å²) in [6.45, 7) is 5.69. The number of amides is 2. The molecule has 2 aromatic rings. The van der Waals surface area contributed by atoms with Gasteiger partial charge in [-0.3, -0.25) is 9.59 Å². The first-order valence-electron chi connectivity index (χ1n) is 9.53. The summed E-state index contributed by atoms with van der Waals surface area (Å²) in [7, 11) is 0. The number of nitrogens with zero attached hydrogens (tertiary/aromatic N) is 1. The number of nitrogens with one attached hydrogen (secondary N) is 1. The highest BCUT2D eigenvalue weighted by atomic mass is 79.9. The van der Waals surface area contributed by atoms with E-state index in [0.29, 0.717) is 10.8 Å². The smallest absolute Gasteiger partial charge is 0.261 e. The van der Waals surface area contributed by atoms with Gasteiger partial charge in [-0.15, -0.1) is 0 Å². The zero-order valence-electron chi connectivity index (χ0n) is 16.8. The Morgan fingerprint density at radius 2 is 1.79 bits per heavy atom. The molecular formula is C22H26BrClN2O3. The Morgan fingerprint density at radius 3 is 2.41 bits per heavy atom. The Bertz CT molecular complexity index is 829. The Hall–Kier alpha value is -2.05. The molecule has 2 amide bonds. The normalized spacial score (nSPS) is 12.7. The van der Waals surface area contributed by atoms with Gasteiger partial charge in [0.25, 0.3) is 5.91 Å². The molecular weight excluding hydrogens is 456 g/mol. The van der Waals surface area contributed by atoms with Crippen molar-refractivity contribution in [3.63, 3.8) is 0 Å². The van der Waals surface area contributed by atoms with Crippen LogP contribution in [0.15, 0.2) is 53.0 Å². The molecule has 7 heteroatoms. The number of benzene rings is 2. The molecule has 0 bridgehead atoms. The number of rotatable bonds is 9. The number of hydrogen-bond acceptors (Lipinski definition) is 3. The maximum Gasteiger partial charge on any atom is 0.261 e. The summed E-state index contributed by atoms with van der Waals surface area (Å²) in [6, 6.07) is 13.9. The molecule has 0 aliphatic heterocycles. The molecule has 2 rings (SSSR count). The summed E-state index contributed by atoms with van der Waals surface area (Å²) in [5.41, 5.74) is 0.773. The van der Waals surface area contributed by atoms with Gasteiger partial charge >= 0.3 is 0 Å². The zero-order chi connectivity index (χ0) is 21.4. The minimum absolute atomic E-state index is 0.0289. The summed E-state index contributed by atoms with van der Waals surface area (Å²) in [5.74, 6) is 0.0824. The molecule has 2 aromatic carbocycles. The van der Waals surface area contributed by atoms with Gasteiger partial charge in [0.1, 0.15) is 11.8 Å². The predicted molar refractivity (Wildman–Crippen MR) is 119 cm³/mol. The van der Waals surface area contributed by atoms with Crippen molar-refractivity contribution in [3.8, 4) is 5.75 Å². The van der Waals surface area contributed by atoms with Crippen LogP contribution in [0.1, 0.15) is 32.8 Å². The summed E-state index contributed by atoms with van der Waals surface area (Å²) >= 11 is 9.64. The van der Waals surface area contributed by atoms with E-state index in [2.05, 4.69) is 21.2 Å². The van der Waals surface area contributed by atoms with E-state index < -0.39 is 6.04 Å². The van der Waals surface area contributed by atoms with Crippen molar-refractivity contribution in [3.05, 3.63) is 63.6 Å². The van der Waals surface area contributed by atoms with Crippen molar-refractivity contribution in [1.29, 1.82) is 0 Å². The minimum atomic E-state index is -0.665. The Kier molecular flexibility index (Phi) is 8.99. The molecule has 0 aromatic heterocycles. The largest absolute Gasteiger partial charge is 0.484 e. The SMILES string of the molecule is CC[C@@H](C)NC(=O)[C@H](C)N(Cc1ccccc1Cl)C(=O)COc1ccc(Br)cc1. The molecule has 0 saturated heterocycles. The van der Waals surface area contributed by atoms with Gasteiger partial charge in [0.15, 0.2) is 6.61 Å². The highest BCUT2D eigenvalue weighted by molar-refractivity contribution is 9.10. The van der Waals surface area contributed by atoms with Crippen LogP contribution in [0, 0.1) is 0 Å². The molecule has 0 radical (unpaired) electrons. The summed E-state index contributed by atoms with van der Waals surface area (Å²) < 4.78 is 6.55. The van der Waals surface area contributed by atoms with Crippen LogP contribution in [0.4, 0.5) is 0 Å². The Morgan fingerprint density at radius 1 is 1.14 bits per heavy atom. The molecule has 2 atom stereocenters. The van der Waals surface area contributed by atoms with E-state index in [4.69, 9.17) is 16.3 Å². The standard InChI is InChI=1S/C22H26BrClN2O3/c1-4-15(2)25-22(28)16(3)26(13-17-7-5-6-8-20(17)24)21(27)14-29-19-11-9-18(23)10-12-19/h5-12,15-16H,4,13-14H2,1-3H3,(H,25,28)/t15-,16+/m1/s1. The van der Waals surface area contributed by atoms with E-state index in [1.54, 1.807) is 25.1 Å². The fourth-order valence-electron chi connectivity index (χ4n) is 2.62. The molecule has 5 nitrogen and oxygen atoms in total. The molecule has 0 aliphatic carbocycles. The van der Waals surface area contributed by atoms with Crippen LogP contribution in [-0.2, 0) is 16.1 Å². The number of carbonyl (C=O) groups is 2. The van der Waals surface area contributed by atoms with Crippen LogP contribution in [-0.4, -0.2) is 35.4 Å². The Labute approximate surface area is 185 Å². The first-order chi connectivity index (χ1) is 13.8. The highest BCUT2D eigenvalue weighted by Gasteiger charge is 2.27. The van der Waals surface area contributed by atoms with Crippen molar-refractivity contribution < 1.29 is 14.3 Å². The average molecular weight is 482 g/mol. The molecule has 0 fully saturated rings. The number of halogens is 2. The van der Waals surface area contributed by atoms with E-state index in [-0.39, 0.29) is 31.0 Å². The molecule has 0 aliphatic rings. The van der Waals surface area contributed by atoms with Crippen molar-refractivity contribution in [2.45, 2.75) is 45.8 Å². The second-order valence-corrected chi connectivity index (χ2v) is 8.17. The van der Waals surface area contributed by atoms with Crippen molar-refractivity contribution >= 4 is 39.3 Å². The topological polar surface area (TPSA) is 58.6 Å². The quantitative estimate of drug-likeness (QED) is 0.559. The molecule has 0 unspecified atom stereocenters. The van der Waals surface area contributed by atoms with Crippen molar-refractivity contribution in [1.82, 2.24) is 10.2 Å². The van der Waals surface area contributed by atoms with E-state index in [9.17, 15) is 9.59 Å². The average Bonchev–Trinajstić information content (AvgIpc) is 2.71. The van der Waals surface area contributed by atoms with Gasteiger partial charge in [0.2, 0.25) is 5.91 Å². The van der Waals surface area contributed by atoms with Gasteiger partial charge in [-0.05, 0) is 56.2 Å². The third-order valence-corrected chi connectivity index (χ3v) is 5.54. The van der Waals surface area contributed by atoms with E-state index in [0.717, 1.165) is 16.5 Å². The van der Waals surface area contributed by atoms with Gasteiger partial charge in [-0.2, -0.15) is 0 Å². The first-order valence-corrected chi connectivity index (χ1v) is 10.7. The van der Waals surface area contributed by atoms with E-state index >= 15 is 0 Å². The zero-order valence-corrected chi connectivity index (χ0v) is 19.2. The highest BCUT2D eigenvalue weighted by Crippen LogP contribution is 2.20. The lowest BCUT2D eigenvalue weighted by Crippen LogP contribution is -2.50. The lowest BCUT2D eigenvalue weighted by molar-refractivity contribution is -0.142. The first kappa shape index (κ1) is 23.2. The number of ether oxygens (including phenoxy) is 1. The van der Waals surface area contributed by atoms with Crippen molar-refractivity contribution in [2.24, 2.45) is 0 Å². The maximum atomic E-state index is 13.0. The number of hydrogen-bond donors (Lipinski definition) is 1. The predicted octanol–water partition coefficient (Wildman–Crippen LogP) is 4.81. The van der Waals surface area contributed by atoms with E-state index in [1.165, 1.54) is 4.90 Å². The Balaban J connectivity index is 2.15. The lowest BCUT2D eigenvalue weighted by Gasteiger charge is -2.30. The van der Waals surface area contributed by atoms with Crippen LogP contribution in [0.5, 0.6) is 5.75 Å². The van der Waals surface area contributed by atoms with Gasteiger partial charge < -0.3 is 15.0 Å². The summed E-state index contributed by atoms with van der Waals surface area (Å²) in [5, 5.41) is 3.48. The minimum Gasteiger partial charge on any atom is -0.484 e. The second kappa shape index (κ2) is 11.2. The summed E-state index contributed by atoms with van der Waals surface area (Å²) in [4.78, 5) is 27.1. The third-order valence-electron chi connectivity index (χ3n) is 4.64. The van der Waals surface area contributed by atoms with Crippen LogP contribution < -0.4 is 10.1 Å². The maximum absolute atomic E-state index is 13.0. The molecule has 156 valence electrons. The van der Waals surface area contributed by atoms with Crippen LogP contribution in [0.25, 0.3) is 0 Å². The van der Waals surface area contributed by atoms with Gasteiger partial charge in [0, 0.05) is 22.1 Å². The summed E-state index contributed by atoms with van der Waals surface area (Å²) in [6.07, 6.45) is 0.809. The fraction of sp³-hybridized carbons (Fsp3) is 0.364. The van der Waals surface area contributed by atoms with Crippen LogP contribution in [0.3, 0.4) is 0 Å². The van der Waals surface area contributed by atoms with Crippen molar-refractivity contribution in [2.75, 3.05) is 6.61 Å². The molecule has 29 heavy (non-hydrogen) atoms. The van der Waals surface area contributed by atoms with Gasteiger partial charge in [-0.1, -0.05) is 52.7 Å². The van der Waals surface area contributed by atoms with Gasteiger partial charge in [-0.25, -0.2) is 0 Å². The van der Waals surface area contributed by atoms with E-state index in [1.807, 2.05) is 44.2 Å². The fourth-order valence-corrected chi connectivity index (χ4v) is 3.08. The molecule has 0 heterocycles. The molecule has 0 saturated carbocycles. The molecule has 1 N–H and O–H groups in total. The second-order valence-electron chi connectivity index (χ2n) is 6.85. The number of carbonyl (C=O) groups excluding carboxylic acids is 2.